The first-order chi connectivity index (χ1) is 8.59. The highest BCUT2D eigenvalue weighted by Crippen LogP contribution is 2.22. The van der Waals surface area contributed by atoms with Crippen LogP contribution in [0.15, 0.2) is 48.5 Å². The number of Topliss-reactive ketones (excluding diaryl/α,β-unsaturated/α-hetero) is 1. The van der Waals surface area contributed by atoms with Crippen molar-refractivity contribution in [2.75, 3.05) is 5.73 Å². The van der Waals surface area contributed by atoms with Crippen LogP contribution in [0.25, 0.3) is 0 Å². The van der Waals surface area contributed by atoms with Gasteiger partial charge < -0.3 is 5.73 Å². The van der Waals surface area contributed by atoms with Gasteiger partial charge in [-0.15, -0.1) is 0 Å². The van der Waals surface area contributed by atoms with Gasteiger partial charge in [0, 0.05) is 11.5 Å². The highest BCUT2D eigenvalue weighted by molar-refractivity contribution is 6.00. The molecule has 0 amide bonds. The van der Waals surface area contributed by atoms with E-state index in [0.717, 1.165) is 5.56 Å². The molecule has 0 aliphatic heterocycles. The van der Waals surface area contributed by atoms with Crippen molar-refractivity contribution in [3.63, 3.8) is 0 Å². The number of hydrogen-bond acceptors (Lipinski definition) is 2. The van der Waals surface area contributed by atoms with Crippen LogP contribution in [0.1, 0.15) is 28.8 Å². The molecule has 3 heteroatoms. The molecule has 2 N–H and O–H groups in total. The molecule has 2 aromatic rings. The number of anilines is 1. The van der Waals surface area contributed by atoms with Crippen molar-refractivity contribution in [1.82, 2.24) is 0 Å². The first-order valence-corrected chi connectivity index (χ1v) is 5.74. The summed E-state index contributed by atoms with van der Waals surface area (Å²) in [6.07, 6.45) is 0. The molecule has 18 heavy (non-hydrogen) atoms. The number of nitrogen functional groups attached to an aromatic ring is 1. The Balaban J connectivity index is 2.29. The summed E-state index contributed by atoms with van der Waals surface area (Å²) in [7, 11) is 0. The molecule has 0 spiro atoms. The molecule has 0 aliphatic carbocycles. The summed E-state index contributed by atoms with van der Waals surface area (Å²) >= 11 is 0. The van der Waals surface area contributed by atoms with Crippen LogP contribution in [-0.4, -0.2) is 5.78 Å². The minimum atomic E-state index is -0.555. The van der Waals surface area contributed by atoms with E-state index in [0.29, 0.717) is 5.56 Å². The van der Waals surface area contributed by atoms with Crippen LogP contribution in [0, 0.1) is 5.82 Å². The van der Waals surface area contributed by atoms with Crippen LogP contribution in [0.3, 0.4) is 0 Å². The van der Waals surface area contributed by atoms with Crippen molar-refractivity contribution < 1.29 is 9.18 Å². The number of rotatable bonds is 3. The van der Waals surface area contributed by atoms with Crippen LogP contribution >= 0.6 is 0 Å². The minimum Gasteiger partial charge on any atom is -0.396 e. The van der Waals surface area contributed by atoms with Crippen LogP contribution in [0.5, 0.6) is 0 Å². The third kappa shape index (κ3) is 2.40. The quantitative estimate of drug-likeness (QED) is 0.663. The van der Waals surface area contributed by atoms with E-state index < -0.39 is 5.82 Å². The van der Waals surface area contributed by atoms with E-state index >= 15 is 0 Å². The molecule has 2 rings (SSSR count). The van der Waals surface area contributed by atoms with Crippen LogP contribution in [0.2, 0.25) is 0 Å². The Labute approximate surface area is 105 Å². The van der Waals surface area contributed by atoms with Gasteiger partial charge in [0.05, 0.1) is 5.69 Å². The first-order valence-electron chi connectivity index (χ1n) is 5.74. The van der Waals surface area contributed by atoms with Gasteiger partial charge >= 0.3 is 0 Å². The lowest BCUT2D eigenvalue weighted by atomic mass is 9.92. The summed E-state index contributed by atoms with van der Waals surface area (Å²) in [5.41, 5.74) is 6.71. The molecule has 0 aromatic heterocycles. The second kappa shape index (κ2) is 5.00. The molecule has 0 radical (unpaired) electrons. The molecule has 2 aromatic carbocycles. The van der Waals surface area contributed by atoms with E-state index in [1.807, 2.05) is 37.3 Å². The molecule has 2 nitrogen and oxygen atoms in total. The number of benzene rings is 2. The fourth-order valence-electron chi connectivity index (χ4n) is 1.82. The molecule has 0 aliphatic rings. The molecular weight excluding hydrogens is 229 g/mol. The number of carbonyl (C=O) groups excluding carboxylic acids is 1. The Morgan fingerprint density at radius 2 is 1.83 bits per heavy atom. The SMILES string of the molecule is CC(C(=O)c1ccc(N)c(F)c1)c1ccccc1. The zero-order valence-corrected chi connectivity index (χ0v) is 10.1. The third-order valence-electron chi connectivity index (χ3n) is 2.98. The van der Waals surface area contributed by atoms with Crippen molar-refractivity contribution in [2.24, 2.45) is 0 Å². The average Bonchev–Trinajstić information content (AvgIpc) is 2.41. The Bertz CT molecular complexity index is 566. The fraction of sp³-hybridized carbons (Fsp3) is 0.133. The van der Waals surface area contributed by atoms with E-state index in [1.54, 1.807) is 6.07 Å². The lowest BCUT2D eigenvalue weighted by Gasteiger charge is -2.11. The second-order valence-corrected chi connectivity index (χ2v) is 4.23. The summed E-state index contributed by atoms with van der Waals surface area (Å²) < 4.78 is 13.3. The van der Waals surface area contributed by atoms with E-state index in [9.17, 15) is 9.18 Å². The lowest BCUT2D eigenvalue weighted by molar-refractivity contribution is 0.0965. The number of ketones is 1. The lowest BCUT2D eigenvalue weighted by Crippen LogP contribution is -2.10. The maximum Gasteiger partial charge on any atom is 0.170 e. The third-order valence-corrected chi connectivity index (χ3v) is 2.98. The highest BCUT2D eigenvalue weighted by atomic mass is 19.1. The number of carbonyl (C=O) groups is 1. The van der Waals surface area contributed by atoms with Crippen LogP contribution in [0.4, 0.5) is 10.1 Å². The van der Waals surface area contributed by atoms with Gasteiger partial charge in [0.2, 0.25) is 0 Å². The van der Waals surface area contributed by atoms with Gasteiger partial charge in [0.15, 0.2) is 5.78 Å². The summed E-state index contributed by atoms with van der Waals surface area (Å²) in [6, 6.07) is 13.6. The topological polar surface area (TPSA) is 43.1 Å². The minimum absolute atomic E-state index is 0.0546. The molecule has 0 fully saturated rings. The van der Waals surface area contributed by atoms with Gasteiger partial charge in [-0.1, -0.05) is 37.3 Å². The second-order valence-electron chi connectivity index (χ2n) is 4.23. The number of nitrogens with two attached hydrogens (primary N) is 1. The zero-order chi connectivity index (χ0) is 13.1. The smallest absolute Gasteiger partial charge is 0.170 e. The summed E-state index contributed by atoms with van der Waals surface area (Å²) in [5, 5.41) is 0. The van der Waals surface area contributed by atoms with Gasteiger partial charge in [-0.3, -0.25) is 4.79 Å². The maximum atomic E-state index is 13.3. The molecule has 0 saturated carbocycles. The fourth-order valence-corrected chi connectivity index (χ4v) is 1.82. The molecule has 92 valence electrons. The normalized spacial score (nSPS) is 12.1. The summed E-state index contributed by atoms with van der Waals surface area (Å²) in [4.78, 5) is 12.2. The van der Waals surface area contributed by atoms with Crippen molar-refractivity contribution >= 4 is 11.5 Å². The first kappa shape index (κ1) is 12.3. The van der Waals surface area contributed by atoms with Crippen molar-refractivity contribution in [3.05, 3.63) is 65.5 Å². The number of hydrogen-bond donors (Lipinski definition) is 1. The Morgan fingerprint density at radius 1 is 1.17 bits per heavy atom. The van der Waals surface area contributed by atoms with E-state index in [1.165, 1.54) is 12.1 Å². The van der Waals surface area contributed by atoms with Gasteiger partial charge in [0.25, 0.3) is 0 Å². The molecule has 0 bridgehead atoms. The summed E-state index contributed by atoms with van der Waals surface area (Å²) in [5.74, 6) is -0.963. The predicted molar refractivity (Wildman–Crippen MR) is 70.0 cm³/mol. The number of halogens is 1. The van der Waals surface area contributed by atoms with Gasteiger partial charge in [-0.2, -0.15) is 0 Å². The van der Waals surface area contributed by atoms with Crippen molar-refractivity contribution in [3.8, 4) is 0 Å². The van der Waals surface area contributed by atoms with E-state index in [-0.39, 0.29) is 17.4 Å². The molecule has 0 heterocycles. The molecular formula is C15H14FNO. The van der Waals surface area contributed by atoms with Crippen LogP contribution < -0.4 is 5.73 Å². The van der Waals surface area contributed by atoms with E-state index in [2.05, 4.69) is 0 Å². The Morgan fingerprint density at radius 3 is 2.44 bits per heavy atom. The van der Waals surface area contributed by atoms with Gasteiger partial charge in [0.1, 0.15) is 5.82 Å². The Kier molecular flexibility index (Phi) is 3.42. The van der Waals surface area contributed by atoms with Gasteiger partial charge in [-0.05, 0) is 23.8 Å². The average molecular weight is 243 g/mol. The predicted octanol–water partition coefficient (Wildman–Crippen LogP) is 3.39. The zero-order valence-electron chi connectivity index (χ0n) is 10.1. The van der Waals surface area contributed by atoms with Crippen molar-refractivity contribution in [1.29, 1.82) is 0 Å². The monoisotopic (exact) mass is 243 g/mol. The molecule has 1 unspecified atom stereocenters. The highest BCUT2D eigenvalue weighted by Gasteiger charge is 2.17. The summed E-state index contributed by atoms with van der Waals surface area (Å²) in [6.45, 7) is 1.81. The standard InChI is InChI=1S/C15H14FNO/c1-10(11-5-3-2-4-6-11)15(18)12-7-8-14(17)13(16)9-12/h2-10H,17H2,1H3. The maximum absolute atomic E-state index is 13.3. The molecule has 1 atom stereocenters. The van der Waals surface area contributed by atoms with Gasteiger partial charge in [-0.25, -0.2) is 4.39 Å². The molecule has 0 saturated heterocycles. The van der Waals surface area contributed by atoms with Crippen LogP contribution in [-0.2, 0) is 0 Å². The largest absolute Gasteiger partial charge is 0.396 e. The van der Waals surface area contributed by atoms with Crippen molar-refractivity contribution in [2.45, 2.75) is 12.8 Å². The van der Waals surface area contributed by atoms with E-state index in [4.69, 9.17) is 5.73 Å². The Hall–Kier alpha value is -2.16.